The molecule has 0 saturated carbocycles. The van der Waals surface area contributed by atoms with Crippen molar-refractivity contribution < 1.29 is 14.3 Å². The molecule has 3 aliphatic heterocycles. The number of piperidine rings is 3. The first-order chi connectivity index (χ1) is 13.1. The van der Waals surface area contributed by atoms with E-state index in [0.29, 0.717) is 11.8 Å². The number of hydrogen-bond donors (Lipinski definition) is 0. The molecule has 2 aromatic rings. The Morgan fingerprint density at radius 2 is 2.26 bits per heavy atom. The monoisotopic (exact) mass is 366 g/mol. The van der Waals surface area contributed by atoms with Gasteiger partial charge in [0.2, 0.25) is 0 Å². The van der Waals surface area contributed by atoms with E-state index in [9.17, 15) is 4.79 Å². The molecule has 27 heavy (non-hydrogen) atoms. The zero-order valence-corrected chi connectivity index (χ0v) is 15.9. The van der Waals surface area contributed by atoms with Crippen LogP contribution in [0, 0.1) is 11.8 Å². The molecule has 0 aliphatic carbocycles. The van der Waals surface area contributed by atoms with E-state index in [2.05, 4.69) is 22.5 Å². The first-order valence-corrected chi connectivity index (χ1v) is 9.57. The molecule has 2 bridgehead atoms. The lowest BCUT2D eigenvalue weighted by Gasteiger charge is -2.51. The normalized spacial score (nSPS) is 27.9. The Labute approximate surface area is 160 Å². The fraction of sp³-hybridized carbons (Fsp3) is 0.455. The second kappa shape index (κ2) is 7.31. The maximum absolute atomic E-state index is 12.0. The van der Waals surface area contributed by atoms with Crippen LogP contribution in [0.4, 0.5) is 0 Å². The quantitative estimate of drug-likeness (QED) is 0.596. The number of rotatable bonds is 5. The smallest absolute Gasteiger partial charge is 0.303 e. The predicted molar refractivity (Wildman–Crippen MR) is 105 cm³/mol. The van der Waals surface area contributed by atoms with Crippen molar-refractivity contribution in [1.29, 1.82) is 0 Å². The van der Waals surface area contributed by atoms with E-state index in [1.807, 2.05) is 24.3 Å². The van der Waals surface area contributed by atoms with Gasteiger partial charge in [0.1, 0.15) is 11.9 Å². The van der Waals surface area contributed by atoms with Crippen LogP contribution in [-0.2, 0) is 9.53 Å². The number of methoxy groups -OCH3 is 1. The van der Waals surface area contributed by atoms with Gasteiger partial charge in [-0.15, -0.1) is 6.58 Å². The van der Waals surface area contributed by atoms with Crippen molar-refractivity contribution in [2.75, 3.05) is 20.2 Å². The molecule has 0 amide bonds. The van der Waals surface area contributed by atoms with Gasteiger partial charge in [0, 0.05) is 30.6 Å². The Kier molecular flexibility index (Phi) is 4.87. The van der Waals surface area contributed by atoms with Crippen molar-refractivity contribution >= 4 is 16.9 Å². The molecule has 142 valence electrons. The molecule has 3 fully saturated rings. The summed E-state index contributed by atoms with van der Waals surface area (Å²) in [6, 6.07) is 7.99. The Morgan fingerprint density at radius 3 is 2.93 bits per heavy atom. The largest absolute Gasteiger partial charge is 0.497 e. The SMILES string of the molecule is C=C[C@H]1CN2CC[C@H]1C[C@@H]2[C@@H](OC(C)=O)c1ccnc2ccc(OC)cc12. The summed E-state index contributed by atoms with van der Waals surface area (Å²) in [5.74, 6) is 1.66. The van der Waals surface area contributed by atoms with E-state index in [0.717, 1.165) is 41.7 Å². The van der Waals surface area contributed by atoms with E-state index < -0.39 is 0 Å². The van der Waals surface area contributed by atoms with Crippen LogP contribution in [0.3, 0.4) is 0 Å². The van der Waals surface area contributed by atoms with Crippen molar-refractivity contribution in [2.45, 2.75) is 31.9 Å². The Morgan fingerprint density at radius 1 is 1.41 bits per heavy atom. The second-order valence-corrected chi connectivity index (χ2v) is 7.56. The molecule has 3 aliphatic rings. The average Bonchev–Trinajstić information content (AvgIpc) is 2.71. The van der Waals surface area contributed by atoms with Gasteiger partial charge in [-0.2, -0.15) is 0 Å². The van der Waals surface area contributed by atoms with E-state index in [1.165, 1.54) is 13.3 Å². The molecule has 5 nitrogen and oxygen atoms in total. The molecule has 0 N–H and O–H groups in total. The molecule has 3 saturated heterocycles. The minimum atomic E-state index is -0.311. The highest BCUT2D eigenvalue weighted by Gasteiger charge is 2.44. The fourth-order valence-electron chi connectivity index (χ4n) is 4.74. The number of pyridine rings is 1. The highest BCUT2D eigenvalue weighted by Crippen LogP contribution is 2.43. The van der Waals surface area contributed by atoms with Crippen LogP contribution in [0.25, 0.3) is 10.9 Å². The second-order valence-electron chi connectivity index (χ2n) is 7.56. The van der Waals surface area contributed by atoms with Crippen LogP contribution in [0.15, 0.2) is 43.1 Å². The van der Waals surface area contributed by atoms with Crippen LogP contribution < -0.4 is 4.74 Å². The van der Waals surface area contributed by atoms with Gasteiger partial charge in [-0.05, 0) is 55.5 Å². The topological polar surface area (TPSA) is 51.7 Å². The van der Waals surface area contributed by atoms with Gasteiger partial charge in [-0.1, -0.05) is 6.08 Å². The van der Waals surface area contributed by atoms with Crippen molar-refractivity contribution in [2.24, 2.45) is 11.8 Å². The third-order valence-electron chi connectivity index (χ3n) is 6.09. The fourth-order valence-corrected chi connectivity index (χ4v) is 4.74. The maximum Gasteiger partial charge on any atom is 0.303 e. The van der Waals surface area contributed by atoms with Crippen molar-refractivity contribution in [3.05, 3.63) is 48.7 Å². The molecule has 0 spiro atoms. The van der Waals surface area contributed by atoms with Crippen molar-refractivity contribution in [3.63, 3.8) is 0 Å². The highest BCUT2D eigenvalue weighted by atomic mass is 16.5. The molecule has 5 heteroatoms. The van der Waals surface area contributed by atoms with Gasteiger partial charge >= 0.3 is 5.97 Å². The molecule has 0 radical (unpaired) electrons. The Bertz CT molecular complexity index is 866. The minimum absolute atomic E-state index is 0.181. The molecular weight excluding hydrogens is 340 g/mol. The summed E-state index contributed by atoms with van der Waals surface area (Å²) in [7, 11) is 1.65. The zero-order valence-electron chi connectivity index (χ0n) is 15.9. The van der Waals surface area contributed by atoms with Gasteiger partial charge in [0.25, 0.3) is 0 Å². The van der Waals surface area contributed by atoms with Crippen molar-refractivity contribution in [1.82, 2.24) is 9.88 Å². The lowest BCUT2D eigenvalue weighted by atomic mass is 9.73. The third-order valence-corrected chi connectivity index (χ3v) is 6.09. The van der Waals surface area contributed by atoms with Crippen LogP contribution in [0.2, 0.25) is 0 Å². The lowest BCUT2D eigenvalue weighted by Crippen LogP contribution is -2.55. The maximum atomic E-state index is 12.0. The summed E-state index contributed by atoms with van der Waals surface area (Å²) < 4.78 is 11.3. The number of aromatic nitrogens is 1. The summed E-state index contributed by atoms with van der Waals surface area (Å²) >= 11 is 0. The zero-order chi connectivity index (χ0) is 19.0. The number of benzene rings is 1. The molecule has 5 atom stereocenters. The third kappa shape index (κ3) is 3.32. The van der Waals surface area contributed by atoms with Crippen LogP contribution in [-0.4, -0.2) is 42.1 Å². The van der Waals surface area contributed by atoms with Gasteiger partial charge < -0.3 is 9.47 Å². The number of carbonyl (C=O) groups is 1. The summed E-state index contributed by atoms with van der Waals surface area (Å²) in [6.07, 6.45) is 5.77. The number of nitrogens with zero attached hydrogens (tertiary/aromatic N) is 2. The first kappa shape index (κ1) is 18.0. The first-order valence-electron chi connectivity index (χ1n) is 9.57. The molecule has 1 unspecified atom stereocenters. The summed E-state index contributed by atoms with van der Waals surface area (Å²) in [4.78, 5) is 18.9. The van der Waals surface area contributed by atoms with E-state index in [1.54, 1.807) is 13.3 Å². The number of hydrogen-bond acceptors (Lipinski definition) is 5. The van der Waals surface area contributed by atoms with Gasteiger partial charge in [0.15, 0.2) is 0 Å². The molecular formula is C22H26N2O3. The van der Waals surface area contributed by atoms with Gasteiger partial charge in [-0.25, -0.2) is 0 Å². The summed E-state index contributed by atoms with van der Waals surface area (Å²) in [5, 5.41) is 0.978. The van der Waals surface area contributed by atoms with Crippen molar-refractivity contribution in [3.8, 4) is 5.75 Å². The van der Waals surface area contributed by atoms with Gasteiger partial charge in [0.05, 0.1) is 18.7 Å². The number of fused-ring (bicyclic) bond motifs is 4. The summed E-state index contributed by atoms with van der Waals surface area (Å²) in [6.45, 7) is 7.53. The molecule has 1 aromatic carbocycles. The minimum Gasteiger partial charge on any atom is -0.497 e. The van der Waals surface area contributed by atoms with E-state index in [4.69, 9.17) is 9.47 Å². The number of carbonyl (C=O) groups excluding carboxylic acids is 1. The van der Waals surface area contributed by atoms with Gasteiger partial charge in [-0.3, -0.25) is 14.7 Å². The summed E-state index contributed by atoms with van der Waals surface area (Å²) in [5.41, 5.74) is 1.88. The van der Waals surface area contributed by atoms with Crippen LogP contribution >= 0.6 is 0 Å². The average molecular weight is 366 g/mol. The molecule has 1 aromatic heterocycles. The molecule has 5 rings (SSSR count). The molecule has 4 heterocycles. The standard InChI is InChI=1S/C22H26N2O3/c1-4-15-13-24-10-8-16(15)11-21(24)22(27-14(2)25)18-7-9-23-20-6-5-17(26-3)12-19(18)20/h4-7,9,12,15-16,21-22H,1,8,10-11,13H2,2-3H3/t15-,16-,21+,22-/m0/s1. The van der Waals surface area contributed by atoms with E-state index in [-0.39, 0.29) is 18.1 Å². The number of esters is 1. The lowest BCUT2D eigenvalue weighted by molar-refractivity contribution is -0.154. The number of ether oxygens (including phenoxy) is 2. The highest BCUT2D eigenvalue weighted by molar-refractivity contribution is 5.84. The Balaban J connectivity index is 1.76. The Hall–Kier alpha value is -2.40. The van der Waals surface area contributed by atoms with E-state index >= 15 is 0 Å². The van der Waals surface area contributed by atoms with Crippen LogP contribution in [0.5, 0.6) is 5.75 Å². The predicted octanol–water partition coefficient (Wildman–Crippen LogP) is 3.74. The van der Waals surface area contributed by atoms with Crippen LogP contribution in [0.1, 0.15) is 31.4 Å².